The summed E-state index contributed by atoms with van der Waals surface area (Å²) in [6, 6.07) is 61.2. The number of allylic oxidation sites excluding steroid dienone is 13. The molecule has 5 heterocycles. The number of esters is 4. The van der Waals surface area contributed by atoms with Gasteiger partial charge in [-0.3, -0.25) is 0 Å². The molecule has 8 aromatic carbocycles. The van der Waals surface area contributed by atoms with Crippen molar-refractivity contribution in [3.05, 3.63) is 334 Å². The van der Waals surface area contributed by atoms with Gasteiger partial charge in [-0.1, -0.05) is 231 Å². The maximum absolute atomic E-state index is 16.3. The Hall–Kier alpha value is -12.5. The molecule has 0 radical (unpaired) electrons. The van der Waals surface area contributed by atoms with Crippen LogP contribution in [0, 0.1) is 0 Å². The van der Waals surface area contributed by atoms with Crippen molar-refractivity contribution in [2.45, 2.75) is 46.2 Å². The number of benzene rings is 8. The summed E-state index contributed by atoms with van der Waals surface area (Å²) in [7, 11) is 0. The SMILES string of the molecule is C=Cc1c(/C=C2/C=CC=CC2)c2[nH]c1c(C(=O)OCc1ccccc1)c1nc(c(C(=O)OCc3ccccc3)c3[nH]c(c(C(=O)OCc4ccccc4)c4nc(c2C(=O)OCc2ccccc2)C(C)=C4/C=C2/C=CC=CC2)c2cc4ccccc4cc32)-c2cc3ccccc3cc2-1. The molecule has 97 heavy (non-hydrogen) atoms. The van der Waals surface area contributed by atoms with Crippen LogP contribution in [0.3, 0.4) is 0 Å². The monoisotopic (exact) mass is 1270 g/mol. The Morgan fingerprint density at radius 2 is 0.763 bits per heavy atom. The highest BCUT2D eigenvalue weighted by molar-refractivity contribution is 6.24. The minimum Gasteiger partial charge on any atom is -0.457 e. The minimum absolute atomic E-state index is 0.000590. The zero-order chi connectivity index (χ0) is 65.9. The predicted octanol–water partition coefficient (Wildman–Crippen LogP) is 19.5. The number of ether oxygens (including phenoxy) is 4. The molecule has 0 saturated carbocycles. The van der Waals surface area contributed by atoms with E-state index in [2.05, 4.69) is 16.5 Å². The summed E-state index contributed by atoms with van der Waals surface area (Å²) in [6.45, 7) is 5.84. The van der Waals surface area contributed by atoms with Gasteiger partial charge in [0.1, 0.15) is 48.7 Å². The minimum atomic E-state index is -0.776. The highest BCUT2D eigenvalue weighted by Gasteiger charge is 2.36. The molecular weight excluding hydrogens is 1200 g/mol. The van der Waals surface area contributed by atoms with E-state index in [1.54, 1.807) is 6.08 Å². The highest BCUT2D eigenvalue weighted by Crippen LogP contribution is 2.47. The highest BCUT2D eigenvalue weighted by atomic mass is 16.5. The van der Waals surface area contributed by atoms with E-state index in [0.717, 1.165) is 54.9 Å². The molecule has 8 bridgehead atoms. The molecule has 12 heteroatoms. The quantitative estimate of drug-likeness (QED) is 0.0746. The van der Waals surface area contributed by atoms with Crippen molar-refractivity contribution in [3.63, 3.8) is 0 Å². The van der Waals surface area contributed by atoms with Gasteiger partial charge < -0.3 is 28.9 Å². The normalized spacial score (nSPS) is 13.9. The van der Waals surface area contributed by atoms with Crippen LogP contribution in [-0.2, 0) is 45.4 Å². The van der Waals surface area contributed by atoms with Gasteiger partial charge >= 0.3 is 23.9 Å². The van der Waals surface area contributed by atoms with Gasteiger partial charge in [0.2, 0.25) is 0 Å². The fraction of sp³-hybridized carbons (Fsp3) is 0.0824. The van der Waals surface area contributed by atoms with Crippen LogP contribution >= 0.6 is 0 Å². The summed E-state index contributed by atoms with van der Waals surface area (Å²) < 4.78 is 26.1. The van der Waals surface area contributed by atoms with Crippen LogP contribution in [0.15, 0.2) is 267 Å². The smallest absolute Gasteiger partial charge is 0.342 e. The van der Waals surface area contributed by atoms with Gasteiger partial charge in [0, 0.05) is 38.6 Å². The van der Waals surface area contributed by atoms with Crippen molar-refractivity contribution >= 4 is 102 Å². The fourth-order valence-electron chi connectivity index (χ4n) is 13.1. The largest absolute Gasteiger partial charge is 0.457 e. The Kier molecular flexibility index (Phi) is 16.6. The lowest BCUT2D eigenvalue weighted by molar-refractivity contribution is 0.0465. The second-order valence-electron chi connectivity index (χ2n) is 24.1. The van der Waals surface area contributed by atoms with Gasteiger partial charge in [-0.15, -0.1) is 0 Å². The van der Waals surface area contributed by atoms with E-state index in [0.29, 0.717) is 57.0 Å². The van der Waals surface area contributed by atoms with Crippen LogP contribution in [0.4, 0.5) is 0 Å². The molecule has 0 amide bonds. The Balaban J connectivity index is 1.19. The van der Waals surface area contributed by atoms with Crippen molar-refractivity contribution < 1.29 is 38.1 Å². The Bertz CT molecular complexity index is 5490. The third kappa shape index (κ3) is 11.9. The lowest BCUT2D eigenvalue weighted by atomic mass is 9.94. The lowest BCUT2D eigenvalue weighted by Crippen LogP contribution is -2.10. The predicted molar refractivity (Wildman–Crippen MR) is 385 cm³/mol. The molecule has 15 rings (SSSR count). The van der Waals surface area contributed by atoms with E-state index >= 15 is 19.2 Å². The van der Waals surface area contributed by atoms with Crippen molar-refractivity contribution in [2.24, 2.45) is 0 Å². The first-order valence-corrected chi connectivity index (χ1v) is 32.2. The van der Waals surface area contributed by atoms with E-state index in [4.69, 9.17) is 28.9 Å². The zero-order valence-corrected chi connectivity index (χ0v) is 52.9. The number of fused-ring (bicyclic) bond motifs is 16. The maximum Gasteiger partial charge on any atom is 0.342 e. The van der Waals surface area contributed by atoms with Crippen molar-refractivity contribution in [3.8, 4) is 22.5 Å². The average molecular weight is 1270 g/mol. The number of carbonyl (C=O) groups is 4. The third-order valence-electron chi connectivity index (χ3n) is 17.9. The van der Waals surface area contributed by atoms with Crippen molar-refractivity contribution in [1.29, 1.82) is 0 Å². The zero-order valence-electron chi connectivity index (χ0n) is 52.9. The van der Waals surface area contributed by atoms with Crippen molar-refractivity contribution in [1.82, 2.24) is 19.9 Å². The van der Waals surface area contributed by atoms with Crippen LogP contribution in [0.25, 0.3) is 100 Å². The summed E-state index contributed by atoms with van der Waals surface area (Å²) in [6.07, 6.45) is 22.6. The number of rotatable bonds is 15. The second-order valence-corrected chi connectivity index (χ2v) is 24.1. The van der Waals surface area contributed by atoms with Crippen LogP contribution in [-0.4, -0.2) is 43.8 Å². The van der Waals surface area contributed by atoms with Gasteiger partial charge in [-0.25, -0.2) is 29.1 Å². The molecule has 0 unspecified atom stereocenters. The Morgan fingerprint density at radius 3 is 1.18 bits per heavy atom. The summed E-state index contributed by atoms with van der Waals surface area (Å²) in [5.41, 5.74) is 9.02. The number of nitrogens with one attached hydrogen (secondary N) is 2. The molecule has 0 spiro atoms. The molecule has 470 valence electrons. The molecule has 2 N–H and O–H groups in total. The van der Waals surface area contributed by atoms with Crippen LogP contribution in [0.1, 0.15) is 106 Å². The lowest BCUT2D eigenvalue weighted by Gasteiger charge is -2.11. The van der Waals surface area contributed by atoms with Gasteiger partial charge in [0.15, 0.2) is 0 Å². The number of carbonyl (C=O) groups excluding carboxylic acids is 4. The van der Waals surface area contributed by atoms with Crippen molar-refractivity contribution in [2.75, 3.05) is 0 Å². The maximum atomic E-state index is 16.3. The molecule has 11 aromatic rings. The van der Waals surface area contributed by atoms with Crippen LogP contribution in [0.2, 0.25) is 0 Å². The molecule has 0 atom stereocenters. The number of nitrogens with zero attached hydrogens (tertiary/aromatic N) is 2. The summed E-state index contributed by atoms with van der Waals surface area (Å²) in [4.78, 5) is 83.7. The number of aromatic amines is 2. The molecule has 2 aliphatic carbocycles. The van der Waals surface area contributed by atoms with E-state index in [1.807, 2.05) is 262 Å². The van der Waals surface area contributed by atoms with Crippen LogP contribution in [0.5, 0.6) is 0 Å². The molecule has 3 aromatic heterocycles. The molecule has 4 aliphatic rings. The fourth-order valence-corrected chi connectivity index (χ4v) is 13.1. The summed E-state index contributed by atoms with van der Waals surface area (Å²) in [5.74, 6) is -3.05. The second kappa shape index (κ2) is 26.5. The van der Waals surface area contributed by atoms with Gasteiger partial charge in [0.05, 0.1) is 44.8 Å². The first kappa shape index (κ1) is 60.7. The van der Waals surface area contributed by atoms with Crippen LogP contribution < -0.4 is 0 Å². The third-order valence-corrected chi connectivity index (χ3v) is 17.9. The Labute approximate surface area is 558 Å². The van der Waals surface area contributed by atoms with E-state index in [1.165, 1.54) is 0 Å². The first-order valence-electron chi connectivity index (χ1n) is 32.2. The molecule has 12 nitrogen and oxygen atoms in total. The average Bonchev–Trinajstić information content (AvgIpc) is 1.57. The van der Waals surface area contributed by atoms with E-state index < -0.39 is 23.9 Å². The molecular formula is C85H62N4O8. The standard InChI is InChI=1S/C85H62N4O8/c1-3-63-65(43-54-28-12-5-13-29-54)77-70(82(90)94-48-55-30-14-6-15-31-55)74-52(2)64(42-53-26-10-4-11-27-53)76(86-74)72(84(92)96-50-57-34-18-8-19-35-57)79-67-45-60-39-23-25-41-62(60)47-69(67)81(89-79)73(85(93)97-51-58-36-20-9-21-37-58)80-68-46-61-40-24-22-38-59(61)44-66(68)78(88-80)71(75(63)87-77)83(91)95-49-56-32-16-7-17-33-56/h3-26,28,30-47,87,89H,1,27,29,48-51H2,2H3/b53-42-,54-43-,74-70?,75-71?,76-72?,77-70?,78-71?,79-72?,80-73?,81-73?. The molecule has 2 aliphatic heterocycles. The Morgan fingerprint density at radius 1 is 0.412 bits per heavy atom. The number of aromatic nitrogens is 4. The van der Waals surface area contributed by atoms with Gasteiger partial charge in [-0.05, 0) is 117 Å². The number of hydrogen-bond acceptors (Lipinski definition) is 10. The first-order chi connectivity index (χ1) is 47.6. The van der Waals surface area contributed by atoms with E-state index in [-0.39, 0.29) is 93.5 Å². The number of H-pyrrole nitrogens is 2. The summed E-state index contributed by atoms with van der Waals surface area (Å²) in [5, 5.41) is 4.33. The van der Waals surface area contributed by atoms with Gasteiger partial charge in [0.25, 0.3) is 0 Å². The van der Waals surface area contributed by atoms with E-state index in [9.17, 15) is 0 Å². The number of hydrogen-bond donors (Lipinski definition) is 2. The molecule has 0 fully saturated rings. The molecule has 0 saturated heterocycles. The van der Waals surface area contributed by atoms with Gasteiger partial charge in [-0.2, -0.15) is 0 Å². The summed E-state index contributed by atoms with van der Waals surface area (Å²) >= 11 is 0. The topological polar surface area (TPSA) is 163 Å².